The maximum absolute atomic E-state index is 11.5. The Hall–Kier alpha value is -0.760. The predicted octanol–water partition coefficient (Wildman–Crippen LogP) is -0.797. The van der Waals surface area contributed by atoms with Crippen molar-refractivity contribution >= 4 is 69.5 Å². The van der Waals surface area contributed by atoms with Crippen LogP contribution in [0, 0.1) is 0 Å². The van der Waals surface area contributed by atoms with Gasteiger partial charge in [0.2, 0.25) is 11.8 Å². The van der Waals surface area contributed by atoms with Gasteiger partial charge in [0.05, 0.1) is 0 Å². The van der Waals surface area contributed by atoms with Crippen molar-refractivity contribution in [3.63, 3.8) is 0 Å². The Morgan fingerprint density at radius 1 is 1.17 bits per heavy atom. The van der Waals surface area contributed by atoms with Crippen molar-refractivity contribution in [3.05, 3.63) is 0 Å². The fourth-order valence-corrected chi connectivity index (χ4v) is 1.41. The van der Waals surface area contributed by atoms with E-state index < -0.39 is 42.4 Å². The molecule has 0 fully saturated rings. The molecule has 23 heavy (non-hydrogen) atoms. The number of aliphatic carboxylic acids is 2. The van der Waals surface area contributed by atoms with E-state index in [1.54, 1.807) is 0 Å². The smallest absolute Gasteiger partial charge is 0.322 e. The van der Waals surface area contributed by atoms with Gasteiger partial charge in [0, 0.05) is 12.2 Å². The number of carbonyl (C=O) groups excluding carboxylic acids is 2. The fourth-order valence-electron chi connectivity index (χ4n) is 1.16. The van der Waals surface area contributed by atoms with Crippen LogP contribution < -0.4 is 16.4 Å². The Balaban J connectivity index is 0. The molecule has 0 bridgehead atoms. The van der Waals surface area contributed by atoms with Crippen molar-refractivity contribution < 1.29 is 29.4 Å². The molecule has 0 aliphatic carbocycles. The summed E-state index contributed by atoms with van der Waals surface area (Å²) >= 11 is 11.0. The van der Waals surface area contributed by atoms with Gasteiger partial charge >= 0.3 is 11.9 Å². The summed E-state index contributed by atoms with van der Waals surface area (Å²) in [5, 5.41) is 21.4. The molecule has 13 heteroatoms. The molecule has 0 saturated carbocycles. The summed E-state index contributed by atoms with van der Waals surface area (Å²) in [6.07, 6.45) is -0.235. The predicted molar refractivity (Wildman–Crippen MR) is 96.8 cm³/mol. The first-order chi connectivity index (χ1) is 10.7. The Morgan fingerprint density at radius 3 is 2.09 bits per heavy atom. The zero-order valence-electron chi connectivity index (χ0n) is 11.8. The van der Waals surface area contributed by atoms with Crippen LogP contribution in [-0.2, 0) is 19.2 Å². The van der Waals surface area contributed by atoms with Gasteiger partial charge in [-0.15, -0.1) is 0 Å². The van der Waals surface area contributed by atoms with Crippen LogP contribution in [0.4, 0.5) is 0 Å². The standard InChI is InChI=1S/C10H17N3O6S.H2S3/c11-5(10(18)19)1-2-7(14)13-6(4-20)9(17)12-3-8(15)16;1-3-2/h5-6,20H,1-4,11H2,(H,12,17)(H,13,14)(H,15,16)(H,18,19);1-2H. The van der Waals surface area contributed by atoms with E-state index in [0.29, 0.717) is 0 Å². The van der Waals surface area contributed by atoms with Crippen LogP contribution in [0.2, 0.25) is 0 Å². The van der Waals surface area contributed by atoms with E-state index in [9.17, 15) is 19.2 Å². The number of thiol groups is 3. The topological polar surface area (TPSA) is 159 Å². The molecular weight excluding hydrogens is 386 g/mol. The number of carbonyl (C=O) groups is 4. The first kappa shape index (κ1) is 24.5. The first-order valence-electron chi connectivity index (χ1n) is 6.02. The summed E-state index contributed by atoms with van der Waals surface area (Å²) < 4.78 is 0. The van der Waals surface area contributed by atoms with Gasteiger partial charge in [-0.1, -0.05) is 23.3 Å². The van der Waals surface area contributed by atoms with Crippen LogP contribution in [0.3, 0.4) is 0 Å². The van der Waals surface area contributed by atoms with Gasteiger partial charge in [0.25, 0.3) is 0 Å². The molecule has 2 amide bonds. The third kappa shape index (κ3) is 14.6. The quantitative estimate of drug-likeness (QED) is 0.183. The van der Waals surface area contributed by atoms with Gasteiger partial charge in [-0.05, 0) is 16.2 Å². The SMILES string of the molecule is NC(CCC(=O)NC(CS)C(=O)NCC(=O)O)C(=O)O.SSS. The minimum atomic E-state index is -1.22. The molecule has 0 aliphatic heterocycles. The Bertz CT molecular complexity index is 412. The van der Waals surface area contributed by atoms with Crippen molar-refractivity contribution in [3.8, 4) is 0 Å². The van der Waals surface area contributed by atoms with E-state index >= 15 is 0 Å². The van der Waals surface area contributed by atoms with Gasteiger partial charge < -0.3 is 26.6 Å². The highest BCUT2D eigenvalue weighted by molar-refractivity contribution is 9.01. The van der Waals surface area contributed by atoms with Gasteiger partial charge in [-0.2, -0.15) is 12.6 Å². The maximum atomic E-state index is 11.5. The number of amides is 2. The van der Waals surface area contributed by atoms with Crippen molar-refractivity contribution in [1.29, 1.82) is 0 Å². The van der Waals surface area contributed by atoms with E-state index in [-0.39, 0.29) is 18.6 Å². The maximum Gasteiger partial charge on any atom is 0.322 e. The van der Waals surface area contributed by atoms with E-state index in [1.807, 2.05) is 0 Å². The molecule has 2 unspecified atom stereocenters. The van der Waals surface area contributed by atoms with Crippen LogP contribution in [0.15, 0.2) is 0 Å². The second-order valence-electron chi connectivity index (χ2n) is 3.98. The van der Waals surface area contributed by atoms with Crippen LogP contribution in [0.5, 0.6) is 0 Å². The van der Waals surface area contributed by atoms with Crippen LogP contribution >= 0.6 is 45.8 Å². The number of rotatable bonds is 9. The lowest BCUT2D eigenvalue weighted by atomic mass is 10.1. The molecule has 0 heterocycles. The van der Waals surface area contributed by atoms with Crippen LogP contribution in [0.1, 0.15) is 12.8 Å². The van der Waals surface area contributed by atoms with Gasteiger partial charge in [0.15, 0.2) is 0 Å². The molecule has 0 aromatic heterocycles. The summed E-state index contributed by atoms with van der Waals surface area (Å²) in [7, 11) is 1.14. The monoisotopic (exact) mass is 405 g/mol. The highest BCUT2D eigenvalue weighted by atomic mass is 33.5. The van der Waals surface area contributed by atoms with Gasteiger partial charge in [-0.25, -0.2) is 0 Å². The van der Waals surface area contributed by atoms with Crippen LogP contribution in [-0.4, -0.2) is 58.3 Å². The minimum absolute atomic E-state index is 0.0256. The largest absolute Gasteiger partial charge is 0.480 e. The second-order valence-corrected chi connectivity index (χ2v) is 6.47. The van der Waals surface area contributed by atoms with Gasteiger partial charge in [-0.3, -0.25) is 19.2 Å². The zero-order valence-corrected chi connectivity index (χ0v) is 15.3. The molecule has 0 rings (SSSR count). The number of nitrogens with one attached hydrogen (secondary N) is 2. The Kier molecular flexibility index (Phi) is 15.8. The average molecular weight is 406 g/mol. The fraction of sp³-hybridized carbons (Fsp3) is 0.600. The second kappa shape index (κ2) is 14.8. The van der Waals surface area contributed by atoms with Crippen molar-refractivity contribution in [2.75, 3.05) is 12.3 Å². The molecule has 2 atom stereocenters. The third-order valence-corrected chi connectivity index (χ3v) is 2.61. The summed E-state index contributed by atoms with van der Waals surface area (Å²) in [6.45, 7) is -0.567. The molecule has 0 aromatic carbocycles. The lowest BCUT2D eigenvalue weighted by Gasteiger charge is -2.16. The molecule has 0 saturated heterocycles. The van der Waals surface area contributed by atoms with Gasteiger partial charge in [0.1, 0.15) is 18.6 Å². The first-order valence-corrected chi connectivity index (χ1v) is 9.58. The molecule has 9 nitrogen and oxygen atoms in total. The summed E-state index contributed by atoms with van der Waals surface area (Å²) in [6, 6.07) is -2.15. The van der Waals surface area contributed by atoms with E-state index in [0.717, 1.165) is 9.83 Å². The van der Waals surface area contributed by atoms with Crippen LogP contribution in [0.25, 0.3) is 0 Å². The molecule has 134 valence electrons. The van der Waals surface area contributed by atoms with E-state index in [2.05, 4.69) is 46.6 Å². The van der Waals surface area contributed by atoms with Crippen molar-refractivity contribution in [2.45, 2.75) is 24.9 Å². The molecule has 0 spiro atoms. The van der Waals surface area contributed by atoms with E-state index in [1.165, 1.54) is 0 Å². The molecule has 0 aliphatic rings. The lowest BCUT2D eigenvalue weighted by molar-refractivity contribution is -0.139. The normalized spacial score (nSPS) is 12.2. The highest BCUT2D eigenvalue weighted by Crippen LogP contribution is 2.06. The molecule has 0 aromatic rings. The number of carboxylic acids is 2. The number of hydrogen-bond donors (Lipinski definition) is 8. The minimum Gasteiger partial charge on any atom is -0.480 e. The zero-order chi connectivity index (χ0) is 18.4. The van der Waals surface area contributed by atoms with Crippen molar-refractivity contribution in [2.24, 2.45) is 5.73 Å². The van der Waals surface area contributed by atoms with Crippen molar-refractivity contribution in [1.82, 2.24) is 10.6 Å². The third-order valence-electron chi connectivity index (χ3n) is 2.25. The Morgan fingerprint density at radius 2 is 1.70 bits per heavy atom. The molecular formula is C10H19N3O6S4. The lowest BCUT2D eigenvalue weighted by Crippen LogP contribution is -2.49. The number of nitrogens with two attached hydrogens (primary N) is 1. The summed E-state index contributed by atoms with van der Waals surface area (Å²) in [5.41, 5.74) is 5.23. The Labute approximate surface area is 152 Å². The number of hydrogen-bond acceptors (Lipinski definition) is 9. The molecule has 0 radical (unpaired) electrons. The molecule has 6 N–H and O–H groups in total. The van der Waals surface area contributed by atoms with E-state index in [4.69, 9.17) is 15.9 Å². The highest BCUT2D eigenvalue weighted by Gasteiger charge is 2.20. The summed E-state index contributed by atoms with van der Waals surface area (Å²) in [4.78, 5) is 43.7. The number of carboxylic acid groups (broad SMARTS) is 2. The summed E-state index contributed by atoms with van der Waals surface area (Å²) in [5.74, 6) is -3.70. The average Bonchev–Trinajstić information content (AvgIpc) is 2.48.